The number of nitrogens with zero attached hydrogens (tertiary/aromatic N) is 1. The number of pyridine rings is 1. The molecule has 1 saturated heterocycles. The topological polar surface area (TPSA) is 64.6 Å². The van der Waals surface area contributed by atoms with E-state index in [-0.39, 0.29) is 5.60 Å². The first-order chi connectivity index (χ1) is 16.4. The van der Waals surface area contributed by atoms with E-state index in [0.29, 0.717) is 18.1 Å². The number of nitrogens with one attached hydrogen (secondary N) is 2. The Labute approximate surface area is 208 Å². The smallest absolute Gasteiger partial charge is 0.201 e. The lowest BCUT2D eigenvalue weighted by Gasteiger charge is -2.43. The predicted octanol–water partition coefficient (Wildman–Crippen LogP) is 6.38. The van der Waals surface area contributed by atoms with E-state index >= 15 is 0 Å². The third-order valence-electron chi connectivity index (χ3n) is 7.72. The summed E-state index contributed by atoms with van der Waals surface area (Å²) in [5.41, 5.74) is 1.85. The molecule has 2 heterocycles. The minimum atomic E-state index is -0.561. The monoisotopic (exact) mass is 487 g/mol. The molecule has 0 radical (unpaired) electrons. The largest absolute Gasteiger partial charge is 0.382 e. The average molecular weight is 488 g/mol. The zero-order valence-corrected chi connectivity index (χ0v) is 21.2. The number of anilines is 1. The first kappa shape index (κ1) is 24.3. The molecule has 2 aromatic rings. The zero-order chi connectivity index (χ0) is 23.6. The van der Waals surface area contributed by atoms with Gasteiger partial charge in [0.2, 0.25) is 5.79 Å². The number of aromatic nitrogens is 1. The fourth-order valence-electron chi connectivity index (χ4n) is 5.67. The number of halogens is 1. The van der Waals surface area contributed by atoms with Crippen LogP contribution in [0, 0.1) is 0 Å². The van der Waals surface area contributed by atoms with Crippen LogP contribution >= 0.6 is 11.6 Å². The summed E-state index contributed by atoms with van der Waals surface area (Å²) in [6.07, 6.45) is 12.4. The third-order valence-corrected chi connectivity index (χ3v) is 7.95. The third kappa shape index (κ3) is 5.85. The molecule has 1 aliphatic heterocycles. The fraction of sp³-hybridized carbons (Fsp3) is 0.667. The second kappa shape index (κ2) is 10.3. The van der Waals surface area contributed by atoms with Crippen molar-refractivity contribution in [2.24, 2.45) is 0 Å². The molecule has 3 aliphatic rings. The van der Waals surface area contributed by atoms with Crippen molar-refractivity contribution < 1.29 is 14.5 Å². The Morgan fingerprint density at radius 3 is 2.44 bits per heavy atom. The highest BCUT2D eigenvalue weighted by Gasteiger charge is 2.42. The van der Waals surface area contributed by atoms with Gasteiger partial charge in [-0.05, 0) is 89.5 Å². The molecule has 5 rings (SSSR count). The van der Waals surface area contributed by atoms with Crippen LogP contribution in [0.5, 0.6) is 0 Å². The summed E-state index contributed by atoms with van der Waals surface area (Å²) in [5, 5.41) is 9.56. The lowest BCUT2D eigenvalue weighted by atomic mass is 9.86. The molecular weight excluding hydrogens is 450 g/mol. The van der Waals surface area contributed by atoms with E-state index in [1.165, 1.54) is 25.7 Å². The van der Waals surface area contributed by atoms with Crippen LogP contribution in [0.2, 0.25) is 5.02 Å². The van der Waals surface area contributed by atoms with Crippen molar-refractivity contribution >= 4 is 28.2 Å². The summed E-state index contributed by atoms with van der Waals surface area (Å²) in [5.74, 6) is -0.561. The van der Waals surface area contributed by atoms with Gasteiger partial charge in [0.25, 0.3) is 0 Å². The van der Waals surface area contributed by atoms with Crippen LogP contribution in [0.4, 0.5) is 5.69 Å². The van der Waals surface area contributed by atoms with E-state index in [2.05, 4.69) is 41.6 Å². The lowest BCUT2D eigenvalue weighted by molar-refractivity contribution is -0.475. The fourth-order valence-corrected chi connectivity index (χ4v) is 5.83. The Balaban J connectivity index is 1.09. The highest BCUT2D eigenvalue weighted by atomic mass is 35.5. The Kier molecular flexibility index (Phi) is 7.33. The number of ether oxygens (including phenoxy) is 1. The van der Waals surface area contributed by atoms with Crippen molar-refractivity contribution in [2.45, 2.75) is 108 Å². The van der Waals surface area contributed by atoms with Crippen molar-refractivity contribution in [1.29, 1.82) is 0 Å². The van der Waals surface area contributed by atoms with Gasteiger partial charge in [-0.25, -0.2) is 9.78 Å². The Bertz CT molecular complexity index is 969. The van der Waals surface area contributed by atoms with Crippen LogP contribution in [0.1, 0.15) is 78.1 Å². The number of rotatable bonds is 4. The summed E-state index contributed by atoms with van der Waals surface area (Å²) in [4.78, 5) is 16.1. The van der Waals surface area contributed by atoms with Gasteiger partial charge in [-0.1, -0.05) is 11.6 Å². The van der Waals surface area contributed by atoms with Crippen LogP contribution < -0.4 is 10.6 Å². The summed E-state index contributed by atoms with van der Waals surface area (Å²) in [7, 11) is 0. The maximum absolute atomic E-state index is 6.16. The van der Waals surface area contributed by atoms with E-state index in [1.807, 2.05) is 18.3 Å². The van der Waals surface area contributed by atoms with Crippen molar-refractivity contribution in [2.75, 3.05) is 11.9 Å². The molecule has 186 valence electrons. The Morgan fingerprint density at radius 2 is 1.65 bits per heavy atom. The van der Waals surface area contributed by atoms with Gasteiger partial charge < -0.3 is 15.4 Å². The van der Waals surface area contributed by atoms with E-state index in [9.17, 15) is 0 Å². The Hall–Kier alpha value is -1.44. The minimum absolute atomic E-state index is 0.242. The molecule has 0 unspecified atom stereocenters. The molecule has 34 heavy (non-hydrogen) atoms. The molecule has 0 atom stereocenters. The number of fused-ring (bicyclic) bond motifs is 1. The van der Waals surface area contributed by atoms with Crippen LogP contribution in [0.15, 0.2) is 30.5 Å². The summed E-state index contributed by atoms with van der Waals surface area (Å²) in [6, 6.07) is 9.60. The molecule has 0 amide bonds. The normalized spacial score (nSPS) is 32.3. The summed E-state index contributed by atoms with van der Waals surface area (Å²) >= 11 is 6.14. The molecule has 3 fully saturated rings. The van der Waals surface area contributed by atoms with Gasteiger partial charge >= 0.3 is 0 Å². The standard InChI is InChI=1S/C27H38ClN3O3/c1-26(2)13-3-17-32-27(34-33-26)14-10-22(11-15-27)30-20-5-7-21(8-6-20)31-24-12-16-29-25-18-19(28)4-9-23(24)25/h4,9,12,16,18,20-22,30H,3,5-8,10-11,13-15,17H2,1-2H3,(H,29,31). The van der Waals surface area contributed by atoms with Crippen LogP contribution in [0.25, 0.3) is 10.9 Å². The average Bonchev–Trinajstić information content (AvgIpc) is 2.82. The molecule has 1 aromatic carbocycles. The van der Waals surface area contributed by atoms with E-state index in [4.69, 9.17) is 26.1 Å². The highest BCUT2D eigenvalue weighted by Crippen LogP contribution is 2.37. The molecule has 0 bridgehead atoms. The number of hydrogen-bond acceptors (Lipinski definition) is 6. The molecule has 1 spiro atoms. The predicted molar refractivity (Wildman–Crippen MR) is 136 cm³/mol. The minimum Gasteiger partial charge on any atom is -0.382 e. The first-order valence-electron chi connectivity index (χ1n) is 13.0. The van der Waals surface area contributed by atoms with Crippen molar-refractivity contribution in [3.8, 4) is 0 Å². The van der Waals surface area contributed by atoms with Crippen molar-refractivity contribution in [3.05, 3.63) is 35.5 Å². The second-order valence-electron chi connectivity index (χ2n) is 10.9. The van der Waals surface area contributed by atoms with Gasteiger partial charge in [0.15, 0.2) is 0 Å². The van der Waals surface area contributed by atoms with Gasteiger partial charge in [-0.3, -0.25) is 4.98 Å². The SMILES string of the molecule is CC1(C)CCCOC2(CCC(NC3CCC(Nc4ccnc5cc(Cl)ccc45)CC3)CC2)OO1. The molecule has 2 aliphatic carbocycles. The molecule has 2 saturated carbocycles. The van der Waals surface area contributed by atoms with E-state index in [1.54, 1.807) is 0 Å². The second-order valence-corrected chi connectivity index (χ2v) is 11.4. The zero-order valence-electron chi connectivity index (χ0n) is 20.4. The van der Waals surface area contributed by atoms with Gasteiger partial charge in [0, 0.05) is 53.3 Å². The lowest BCUT2D eigenvalue weighted by Crippen LogP contribution is -2.50. The molecule has 1 aromatic heterocycles. The van der Waals surface area contributed by atoms with Gasteiger partial charge in [-0.2, -0.15) is 0 Å². The molecular formula is C27H38ClN3O3. The maximum atomic E-state index is 6.16. The van der Waals surface area contributed by atoms with Crippen molar-refractivity contribution in [1.82, 2.24) is 10.3 Å². The molecule has 6 nitrogen and oxygen atoms in total. The maximum Gasteiger partial charge on any atom is 0.201 e. The van der Waals surface area contributed by atoms with Gasteiger partial charge in [0.1, 0.15) is 0 Å². The first-order valence-corrected chi connectivity index (χ1v) is 13.4. The van der Waals surface area contributed by atoms with Crippen LogP contribution in [-0.4, -0.2) is 41.1 Å². The van der Waals surface area contributed by atoms with Gasteiger partial charge in [-0.15, -0.1) is 0 Å². The van der Waals surface area contributed by atoms with Crippen molar-refractivity contribution in [3.63, 3.8) is 0 Å². The highest BCUT2D eigenvalue weighted by molar-refractivity contribution is 6.31. The van der Waals surface area contributed by atoms with Gasteiger partial charge in [0.05, 0.1) is 17.7 Å². The summed E-state index contributed by atoms with van der Waals surface area (Å²) < 4.78 is 6.16. The quantitative estimate of drug-likeness (QED) is 0.488. The number of benzene rings is 1. The van der Waals surface area contributed by atoms with Crippen LogP contribution in [0.3, 0.4) is 0 Å². The molecule has 2 N–H and O–H groups in total. The van der Waals surface area contributed by atoms with Crippen LogP contribution in [-0.2, 0) is 14.5 Å². The Morgan fingerprint density at radius 1 is 0.912 bits per heavy atom. The van der Waals surface area contributed by atoms with E-state index < -0.39 is 5.79 Å². The molecule has 7 heteroatoms. The summed E-state index contributed by atoms with van der Waals surface area (Å²) in [6.45, 7) is 4.94. The van der Waals surface area contributed by atoms with E-state index in [0.717, 1.165) is 66.7 Å². The number of hydrogen-bond donors (Lipinski definition) is 2.